The maximum atomic E-state index is 4.70. The third-order valence-electron chi connectivity index (χ3n) is 3.16. The molecule has 0 saturated carbocycles. The molecule has 0 radical (unpaired) electrons. The number of H-pyrrole nitrogens is 1. The first kappa shape index (κ1) is 12.6. The van der Waals surface area contributed by atoms with Crippen LogP contribution in [0.1, 0.15) is 0 Å². The highest BCUT2D eigenvalue weighted by molar-refractivity contribution is 9.10. The van der Waals surface area contributed by atoms with Crippen LogP contribution in [0.4, 0.5) is 0 Å². The normalized spacial score (nSPS) is 11.5. The first-order valence-corrected chi connectivity index (χ1v) is 8.44. The molecule has 0 aliphatic rings. The SMILES string of the molecule is Brc1ccc2[nH]c(-c3nc4ccc(Br)cc4s3)cc2c1. The van der Waals surface area contributed by atoms with E-state index >= 15 is 0 Å². The molecule has 2 aromatic heterocycles. The van der Waals surface area contributed by atoms with Crippen LogP contribution in [0.3, 0.4) is 0 Å². The first-order valence-electron chi connectivity index (χ1n) is 6.04. The molecule has 1 N–H and O–H groups in total. The van der Waals surface area contributed by atoms with Crippen molar-refractivity contribution in [1.82, 2.24) is 9.97 Å². The Morgan fingerprint density at radius 3 is 2.65 bits per heavy atom. The average Bonchev–Trinajstić information content (AvgIpc) is 3.00. The smallest absolute Gasteiger partial charge is 0.140 e. The van der Waals surface area contributed by atoms with E-state index in [1.165, 1.54) is 10.1 Å². The van der Waals surface area contributed by atoms with Gasteiger partial charge in [0.25, 0.3) is 0 Å². The molecule has 20 heavy (non-hydrogen) atoms. The van der Waals surface area contributed by atoms with E-state index in [9.17, 15) is 0 Å². The quantitative estimate of drug-likeness (QED) is 0.413. The maximum absolute atomic E-state index is 4.70. The molecular weight excluding hydrogens is 400 g/mol. The number of nitrogens with zero attached hydrogens (tertiary/aromatic N) is 1. The predicted molar refractivity (Wildman–Crippen MR) is 92.3 cm³/mol. The summed E-state index contributed by atoms with van der Waals surface area (Å²) in [4.78, 5) is 8.13. The molecule has 0 aliphatic carbocycles. The van der Waals surface area contributed by atoms with Crippen LogP contribution in [0.15, 0.2) is 51.4 Å². The maximum Gasteiger partial charge on any atom is 0.140 e. The molecule has 0 amide bonds. The summed E-state index contributed by atoms with van der Waals surface area (Å²) in [6, 6.07) is 14.5. The summed E-state index contributed by atoms with van der Waals surface area (Å²) in [5.74, 6) is 0. The Bertz CT molecular complexity index is 862. The zero-order chi connectivity index (χ0) is 13.7. The van der Waals surface area contributed by atoms with Gasteiger partial charge >= 0.3 is 0 Å². The minimum Gasteiger partial charge on any atom is -0.353 e. The van der Waals surface area contributed by atoms with Gasteiger partial charge in [0.05, 0.1) is 15.9 Å². The summed E-state index contributed by atoms with van der Waals surface area (Å²) in [7, 11) is 0. The van der Waals surface area contributed by atoms with Crippen molar-refractivity contribution in [3.8, 4) is 10.7 Å². The van der Waals surface area contributed by atoms with Gasteiger partial charge in [-0.1, -0.05) is 31.9 Å². The number of fused-ring (bicyclic) bond motifs is 2. The summed E-state index contributed by atoms with van der Waals surface area (Å²) >= 11 is 8.70. The van der Waals surface area contributed by atoms with Crippen LogP contribution in [-0.2, 0) is 0 Å². The molecule has 2 aromatic carbocycles. The molecule has 0 bridgehead atoms. The Balaban J connectivity index is 1.91. The molecule has 4 aromatic rings. The van der Waals surface area contributed by atoms with Gasteiger partial charge in [-0.25, -0.2) is 4.98 Å². The fourth-order valence-corrected chi connectivity index (χ4v) is 4.10. The van der Waals surface area contributed by atoms with E-state index in [4.69, 9.17) is 4.98 Å². The van der Waals surface area contributed by atoms with Crippen LogP contribution in [0.2, 0.25) is 0 Å². The molecule has 0 aliphatic heterocycles. The minimum atomic E-state index is 1.02. The van der Waals surface area contributed by atoms with Gasteiger partial charge in [0.1, 0.15) is 5.01 Å². The van der Waals surface area contributed by atoms with Crippen molar-refractivity contribution in [1.29, 1.82) is 0 Å². The fourth-order valence-electron chi connectivity index (χ4n) is 2.23. The Morgan fingerprint density at radius 2 is 1.75 bits per heavy atom. The molecule has 2 heterocycles. The zero-order valence-electron chi connectivity index (χ0n) is 10.2. The summed E-state index contributed by atoms with van der Waals surface area (Å²) in [5.41, 5.74) is 3.23. The van der Waals surface area contributed by atoms with Crippen molar-refractivity contribution in [2.24, 2.45) is 0 Å². The lowest BCUT2D eigenvalue weighted by molar-refractivity contribution is 1.40. The van der Waals surface area contributed by atoms with E-state index < -0.39 is 0 Å². The van der Waals surface area contributed by atoms with E-state index in [-0.39, 0.29) is 0 Å². The summed E-state index contributed by atoms with van der Waals surface area (Å²) in [5, 5.41) is 2.21. The molecule has 4 rings (SSSR count). The highest BCUT2D eigenvalue weighted by atomic mass is 79.9. The van der Waals surface area contributed by atoms with E-state index in [0.29, 0.717) is 0 Å². The van der Waals surface area contributed by atoms with E-state index in [1.54, 1.807) is 11.3 Å². The molecule has 0 fully saturated rings. The largest absolute Gasteiger partial charge is 0.353 e. The molecule has 0 saturated heterocycles. The Hall–Kier alpha value is -1.17. The van der Waals surface area contributed by atoms with E-state index in [0.717, 1.165) is 30.7 Å². The van der Waals surface area contributed by atoms with Crippen molar-refractivity contribution in [3.63, 3.8) is 0 Å². The molecule has 0 unspecified atom stereocenters. The standard InChI is InChI=1S/C15H8Br2N2S/c16-9-1-3-11-8(5-9)6-13(18-11)15-19-12-4-2-10(17)7-14(12)20-15/h1-7,18H. The fraction of sp³-hybridized carbons (Fsp3) is 0. The highest BCUT2D eigenvalue weighted by Gasteiger charge is 2.09. The highest BCUT2D eigenvalue weighted by Crippen LogP contribution is 2.33. The molecule has 0 atom stereocenters. The van der Waals surface area contributed by atoms with Crippen LogP contribution < -0.4 is 0 Å². The second kappa shape index (κ2) is 4.69. The number of benzene rings is 2. The monoisotopic (exact) mass is 406 g/mol. The Labute approximate surface area is 136 Å². The third kappa shape index (κ3) is 2.10. The average molecular weight is 408 g/mol. The van der Waals surface area contributed by atoms with Crippen molar-refractivity contribution >= 4 is 64.3 Å². The van der Waals surface area contributed by atoms with Gasteiger partial charge in [-0.05, 0) is 42.5 Å². The van der Waals surface area contributed by atoms with Gasteiger partial charge < -0.3 is 4.98 Å². The van der Waals surface area contributed by atoms with Crippen LogP contribution in [-0.4, -0.2) is 9.97 Å². The molecule has 0 spiro atoms. The number of rotatable bonds is 1. The summed E-state index contributed by atoms with van der Waals surface area (Å²) in [6.07, 6.45) is 0. The van der Waals surface area contributed by atoms with Crippen LogP contribution in [0.25, 0.3) is 31.8 Å². The predicted octanol–water partition coefficient (Wildman–Crippen LogP) is 5.97. The Kier molecular flexibility index (Phi) is 2.94. The summed E-state index contributed by atoms with van der Waals surface area (Å²) in [6.45, 7) is 0. The third-order valence-corrected chi connectivity index (χ3v) is 5.20. The summed E-state index contributed by atoms with van der Waals surface area (Å²) < 4.78 is 3.36. The molecular formula is C15H8Br2N2S. The van der Waals surface area contributed by atoms with Gasteiger partial charge in [-0.15, -0.1) is 11.3 Å². The van der Waals surface area contributed by atoms with Crippen LogP contribution >= 0.6 is 43.2 Å². The van der Waals surface area contributed by atoms with Gasteiger partial charge in [0.2, 0.25) is 0 Å². The second-order valence-electron chi connectivity index (χ2n) is 4.55. The number of halogens is 2. The van der Waals surface area contributed by atoms with Gasteiger partial charge in [-0.2, -0.15) is 0 Å². The van der Waals surface area contributed by atoms with Crippen molar-refractivity contribution in [3.05, 3.63) is 51.4 Å². The number of aromatic amines is 1. The van der Waals surface area contributed by atoms with Crippen molar-refractivity contribution < 1.29 is 0 Å². The molecule has 5 heteroatoms. The zero-order valence-corrected chi connectivity index (χ0v) is 14.1. The van der Waals surface area contributed by atoms with Crippen LogP contribution in [0, 0.1) is 0 Å². The molecule has 98 valence electrons. The number of nitrogens with one attached hydrogen (secondary N) is 1. The van der Waals surface area contributed by atoms with E-state index in [2.05, 4.69) is 61.1 Å². The Morgan fingerprint density at radius 1 is 0.950 bits per heavy atom. The van der Waals surface area contributed by atoms with Gasteiger partial charge in [-0.3, -0.25) is 0 Å². The van der Waals surface area contributed by atoms with Gasteiger partial charge in [0.15, 0.2) is 0 Å². The van der Waals surface area contributed by atoms with Crippen molar-refractivity contribution in [2.45, 2.75) is 0 Å². The number of hydrogen-bond acceptors (Lipinski definition) is 2. The number of aromatic nitrogens is 2. The lowest BCUT2D eigenvalue weighted by Gasteiger charge is -1.89. The van der Waals surface area contributed by atoms with E-state index in [1.807, 2.05) is 18.2 Å². The molecule has 2 nitrogen and oxygen atoms in total. The minimum absolute atomic E-state index is 1.02. The lowest BCUT2D eigenvalue weighted by atomic mass is 10.2. The lowest BCUT2D eigenvalue weighted by Crippen LogP contribution is -1.74. The topological polar surface area (TPSA) is 28.7 Å². The van der Waals surface area contributed by atoms with Crippen LogP contribution in [0.5, 0.6) is 0 Å². The second-order valence-corrected chi connectivity index (χ2v) is 7.41. The first-order chi connectivity index (χ1) is 9.69. The number of hydrogen-bond donors (Lipinski definition) is 1. The number of thiazole rings is 1. The van der Waals surface area contributed by atoms with Gasteiger partial charge in [0, 0.05) is 19.8 Å². The van der Waals surface area contributed by atoms with Crippen molar-refractivity contribution in [2.75, 3.05) is 0 Å².